The summed E-state index contributed by atoms with van der Waals surface area (Å²) in [5.74, 6) is 1.02. The van der Waals surface area contributed by atoms with Crippen LogP contribution in [-0.2, 0) is 0 Å². The Bertz CT molecular complexity index is 180. The van der Waals surface area contributed by atoms with Gasteiger partial charge in [-0.2, -0.15) is 0 Å². The van der Waals surface area contributed by atoms with Crippen molar-refractivity contribution in [2.75, 3.05) is 0 Å². The van der Waals surface area contributed by atoms with E-state index in [1.165, 1.54) is 38.5 Å². The molecule has 82 valence electrons. The molecule has 2 unspecified atom stereocenters. The number of hydrogen-bond acceptors (Lipinski definition) is 1. The summed E-state index contributed by atoms with van der Waals surface area (Å²) in [5, 5.41) is 3.72. The summed E-state index contributed by atoms with van der Waals surface area (Å²) in [4.78, 5) is 0. The van der Waals surface area contributed by atoms with E-state index in [4.69, 9.17) is 0 Å². The third kappa shape index (κ3) is 2.73. The van der Waals surface area contributed by atoms with Crippen molar-refractivity contribution >= 4 is 0 Å². The Morgan fingerprint density at radius 3 is 2.14 bits per heavy atom. The number of piperidine rings is 1. The summed E-state index contributed by atoms with van der Waals surface area (Å²) < 4.78 is 0. The molecule has 2 saturated heterocycles. The zero-order chi connectivity index (χ0) is 10.2. The first-order chi connectivity index (χ1) is 6.53. The molecule has 0 spiro atoms. The number of hydrogen-bond donors (Lipinski definition) is 1. The fourth-order valence-electron chi connectivity index (χ4n) is 3.05. The predicted octanol–water partition coefficient (Wildman–Crippen LogP) is 3.34. The quantitative estimate of drug-likeness (QED) is 0.712. The number of fused-ring (bicyclic) bond motifs is 2. The van der Waals surface area contributed by atoms with E-state index < -0.39 is 0 Å². The van der Waals surface area contributed by atoms with Gasteiger partial charge in [-0.05, 0) is 49.9 Å². The maximum absolute atomic E-state index is 3.72. The molecule has 0 aromatic rings. The molecule has 0 aromatic heterocycles. The van der Waals surface area contributed by atoms with E-state index >= 15 is 0 Å². The first-order valence-corrected chi connectivity index (χ1v) is 6.29. The van der Waals surface area contributed by atoms with Crippen molar-refractivity contribution < 1.29 is 0 Å². The van der Waals surface area contributed by atoms with E-state index in [1.807, 2.05) is 0 Å². The molecule has 1 heteroatoms. The van der Waals surface area contributed by atoms with Crippen LogP contribution in [0, 0.1) is 11.3 Å². The van der Waals surface area contributed by atoms with Crippen LogP contribution in [0.25, 0.3) is 0 Å². The minimum Gasteiger partial charge on any atom is -0.311 e. The molecule has 2 fully saturated rings. The van der Waals surface area contributed by atoms with Gasteiger partial charge in [-0.25, -0.2) is 0 Å². The predicted molar refractivity (Wildman–Crippen MR) is 61.4 cm³/mol. The van der Waals surface area contributed by atoms with Gasteiger partial charge in [0, 0.05) is 12.1 Å². The summed E-state index contributed by atoms with van der Waals surface area (Å²) in [6, 6.07) is 1.75. The van der Waals surface area contributed by atoms with Crippen LogP contribution in [0.5, 0.6) is 0 Å². The number of nitrogens with one attached hydrogen (secondary N) is 1. The lowest BCUT2D eigenvalue weighted by Crippen LogP contribution is -2.38. The van der Waals surface area contributed by atoms with Gasteiger partial charge in [-0.3, -0.25) is 0 Å². The van der Waals surface area contributed by atoms with Gasteiger partial charge in [0.1, 0.15) is 0 Å². The van der Waals surface area contributed by atoms with Crippen LogP contribution < -0.4 is 5.32 Å². The van der Waals surface area contributed by atoms with Crippen molar-refractivity contribution in [1.82, 2.24) is 5.32 Å². The van der Waals surface area contributed by atoms with Gasteiger partial charge in [-0.15, -0.1) is 0 Å². The Balaban J connectivity index is 1.77. The molecule has 0 amide bonds. The molecular weight excluding hydrogens is 170 g/mol. The van der Waals surface area contributed by atoms with Gasteiger partial charge in [0.15, 0.2) is 0 Å². The molecule has 2 atom stereocenters. The molecule has 1 N–H and O–H groups in total. The van der Waals surface area contributed by atoms with E-state index in [9.17, 15) is 0 Å². The van der Waals surface area contributed by atoms with Crippen LogP contribution in [0.3, 0.4) is 0 Å². The highest BCUT2D eigenvalue weighted by molar-refractivity contribution is 4.92. The van der Waals surface area contributed by atoms with E-state index in [2.05, 4.69) is 26.1 Å². The largest absolute Gasteiger partial charge is 0.311 e. The van der Waals surface area contributed by atoms with Crippen LogP contribution in [-0.4, -0.2) is 12.1 Å². The second kappa shape index (κ2) is 3.84. The summed E-state index contributed by atoms with van der Waals surface area (Å²) >= 11 is 0. The Morgan fingerprint density at radius 1 is 1.07 bits per heavy atom. The SMILES string of the molecule is CC(C)(C)CCC1CC2CCC(C1)N2. The molecule has 0 aliphatic carbocycles. The van der Waals surface area contributed by atoms with Gasteiger partial charge in [0.05, 0.1) is 0 Å². The van der Waals surface area contributed by atoms with Gasteiger partial charge in [0.25, 0.3) is 0 Å². The van der Waals surface area contributed by atoms with Crippen LogP contribution in [0.15, 0.2) is 0 Å². The average molecular weight is 195 g/mol. The summed E-state index contributed by atoms with van der Waals surface area (Å²) in [7, 11) is 0. The fraction of sp³-hybridized carbons (Fsp3) is 1.00. The molecule has 2 bridgehead atoms. The van der Waals surface area contributed by atoms with Crippen LogP contribution in [0.1, 0.15) is 59.3 Å². The molecule has 2 aliphatic heterocycles. The lowest BCUT2D eigenvalue weighted by molar-refractivity contribution is 0.246. The van der Waals surface area contributed by atoms with E-state index in [1.54, 1.807) is 0 Å². The smallest absolute Gasteiger partial charge is 0.00728 e. The number of rotatable bonds is 2. The monoisotopic (exact) mass is 195 g/mol. The molecule has 2 aliphatic rings. The maximum Gasteiger partial charge on any atom is 0.00728 e. The fourth-order valence-corrected chi connectivity index (χ4v) is 3.05. The van der Waals surface area contributed by atoms with Crippen molar-refractivity contribution in [3.05, 3.63) is 0 Å². The summed E-state index contributed by atoms with van der Waals surface area (Å²) in [6.45, 7) is 7.09. The van der Waals surface area contributed by atoms with Crippen molar-refractivity contribution in [3.8, 4) is 0 Å². The third-order valence-corrected chi connectivity index (χ3v) is 3.87. The summed E-state index contributed by atoms with van der Waals surface area (Å²) in [6.07, 6.45) is 8.64. The Labute approximate surface area is 88.7 Å². The molecular formula is C13H25N. The topological polar surface area (TPSA) is 12.0 Å². The second-order valence-corrected chi connectivity index (χ2v) is 6.57. The maximum atomic E-state index is 3.72. The highest BCUT2D eigenvalue weighted by atomic mass is 15.0. The van der Waals surface area contributed by atoms with Crippen LogP contribution in [0.2, 0.25) is 0 Å². The molecule has 2 heterocycles. The Morgan fingerprint density at radius 2 is 1.64 bits per heavy atom. The first-order valence-electron chi connectivity index (χ1n) is 6.29. The van der Waals surface area contributed by atoms with Gasteiger partial charge < -0.3 is 5.32 Å². The van der Waals surface area contributed by atoms with Crippen molar-refractivity contribution in [1.29, 1.82) is 0 Å². The lowest BCUT2D eigenvalue weighted by atomic mass is 9.82. The van der Waals surface area contributed by atoms with Gasteiger partial charge in [0.2, 0.25) is 0 Å². The molecule has 0 saturated carbocycles. The minimum absolute atomic E-state index is 0.532. The minimum atomic E-state index is 0.532. The molecule has 14 heavy (non-hydrogen) atoms. The average Bonchev–Trinajstić information content (AvgIpc) is 2.41. The Kier molecular flexibility index (Phi) is 2.88. The molecule has 2 rings (SSSR count). The zero-order valence-corrected chi connectivity index (χ0v) is 9.97. The highest BCUT2D eigenvalue weighted by Gasteiger charge is 2.33. The van der Waals surface area contributed by atoms with Crippen LogP contribution in [0.4, 0.5) is 0 Å². The third-order valence-electron chi connectivity index (χ3n) is 3.87. The van der Waals surface area contributed by atoms with E-state index in [0.29, 0.717) is 5.41 Å². The molecule has 0 aromatic carbocycles. The normalized spacial score (nSPS) is 37.5. The Hall–Kier alpha value is -0.0400. The van der Waals surface area contributed by atoms with Crippen molar-refractivity contribution in [3.63, 3.8) is 0 Å². The first kappa shape index (κ1) is 10.5. The van der Waals surface area contributed by atoms with E-state index in [-0.39, 0.29) is 0 Å². The van der Waals surface area contributed by atoms with Crippen LogP contribution >= 0.6 is 0 Å². The highest BCUT2D eigenvalue weighted by Crippen LogP contribution is 2.35. The van der Waals surface area contributed by atoms with E-state index in [0.717, 1.165) is 18.0 Å². The summed E-state index contributed by atoms with van der Waals surface area (Å²) in [5.41, 5.74) is 0.532. The standard InChI is InChI=1S/C13H25N/c1-13(2,3)7-6-10-8-11-4-5-12(9-10)14-11/h10-12,14H,4-9H2,1-3H3. The molecule has 0 radical (unpaired) electrons. The van der Waals surface area contributed by atoms with Crippen molar-refractivity contribution in [2.24, 2.45) is 11.3 Å². The second-order valence-electron chi connectivity index (χ2n) is 6.57. The van der Waals surface area contributed by atoms with Gasteiger partial charge in [-0.1, -0.05) is 20.8 Å². The van der Waals surface area contributed by atoms with Crippen molar-refractivity contribution in [2.45, 2.75) is 71.4 Å². The lowest BCUT2D eigenvalue weighted by Gasteiger charge is -2.31. The zero-order valence-electron chi connectivity index (χ0n) is 9.97. The molecule has 1 nitrogen and oxygen atoms in total. The van der Waals surface area contributed by atoms with Gasteiger partial charge >= 0.3 is 0 Å².